The Morgan fingerprint density at radius 2 is 1.16 bits per heavy atom. The molecule has 0 radical (unpaired) electrons. The first-order valence-corrected chi connectivity index (χ1v) is 14.6. The molecule has 204 valence electrons. The number of fused-ring (bicyclic) bond motifs is 7. The Morgan fingerprint density at radius 1 is 0.535 bits per heavy atom. The minimum Gasteiger partial charge on any atom is -0.458 e. The zero-order valence-corrected chi connectivity index (χ0v) is 23.8. The van der Waals surface area contributed by atoms with Gasteiger partial charge in [0.25, 0.3) is 6.71 Å². The maximum Gasteiger partial charge on any atom is 0.260 e. The molecule has 43 heavy (non-hydrogen) atoms. The molecule has 0 aliphatic carbocycles. The molecule has 7 aromatic rings. The van der Waals surface area contributed by atoms with Crippen LogP contribution in [0.2, 0.25) is 0 Å². The molecule has 2 aliphatic heterocycles. The maximum absolute atomic E-state index is 6.69. The molecular formula is C38H26BNO3. The van der Waals surface area contributed by atoms with Gasteiger partial charge in [-0.05, 0) is 61.2 Å². The smallest absolute Gasteiger partial charge is 0.260 e. The zero-order valence-electron chi connectivity index (χ0n) is 23.8. The lowest BCUT2D eigenvalue weighted by atomic mass is 9.34. The van der Waals surface area contributed by atoms with Gasteiger partial charge in [-0.1, -0.05) is 83.9 Å². The van der Waals surface area contributed by atoms with Gasteiger partial charge in [-0.3, -0.25) is 0 Å². The Labute approximate surface area is 249 Å². The molecule has 0 fully saturated rings. The second-order valence-electron chi connectivity index (χ2n) is 11.5. The van der Waals surface area contributed by atoms with Gasteiger partial charge in [-0.2, -0.15) is 0 Å². The predicted molar refractivity (Wildman–Crippen MR) is 176 cm³/mol. The largest absolute Gasteiger partial charge is 0.458 e. The third-order valence-corrected chi connectivity index (χ3v) is 8.67. The molecule has 5 heteroatoms. The number of hydrogen-bond donors (Lipinski definition) is 0. The number of furan rings is 1. The second kappa shape index (κ2) is 9.04. The molecule has 0 saturated heterocycles. The van der Waals surface area contributed by atoms with Crippen molar-refractivity contribution in [2.24, 2.45) is 0 Å². The zero-order chi connectivity index (χ0) is 28.7. The number of rotatable bonds is 3. The van der Waals surface area contributed by atoms with Gasteiger partial charge in [0.2, 0.25) is 0 Å². The Morgan fingerprint density at radius 3 is 1.86 bits per heavy atom. The van der Waals surface area contributed by atoms with Gasteiger partial charge in [0.15, 0.2) is 5.58 Å². The first-order chi connectivity index (χ1) is 21.1. The summed E-state index contributed by atoms with van der Waals surface area (Å²) in [7, 11) is 0. The Hall–Kier alpha value is -5.42. The summed E-state index contributed by atoms with van der Waals surface area (Å²) in [4.78, 5) is 2.23. The molecule has 1 aromatic heterocycles. The number of aryl methyl sites for hydroxylation is 2. The van der Waals surface area contributed by atoms with Crippen LogP contribution in [0.1, 0.15) is 11.1 Å². The SMILES string of the molecule is Cc1ccc2c(c1)B1c3cc(C)ccc3Oc3cc(N(c4ccccc4)c4cccc5c4oc4ccccc45)cc(c31)O2. The van der Waals surface area contributed by atoms with Gasteiger partial charge in [-0.25, -0.2) is 0 Å². The average molecular weight is 555 g/mol. The van der Waals surface area contributed by atoms with Crippen molar-refractivity contribution in [1.82, 2.24) is 0 Å². The molecule has 4 nitrogen and oxygen atoms in total. The molecular weight excluding hydrogens is 529 g/mol. The molecule has 2 aliphatic rings. The highest BCUT2D eigenvalue weighted by Gasteiger charge is 2.41. The van der Waals surface area contributed by atoms with Crippen LogP contribution < -0.4 is 30.8 Å². The molecule has 0 unspecified atom stereocenters. The Bertz CT molecular complexity index is 2160. The van der Waals surface area contributed by atoms with E-state index in [4.69, 9.17) is 13.9 Å². The van der Waals surface area contributed by atoms with Crippen LogP contribution in [-0.2, 0) is 0 Å². The van der Waals surface area contributed by atoms with E-state index in [1.807, 2.05) is 18.2 Å². The molecule has 0 saturated carbocycles. The lowest BCUT2D eigenvalue weighted by molar-refractivity contribution is 0.464. The fourth-order valence-corrected chi connectivity index (χ4v) is 6.77. The molecule has 9 rings (SSSR count). The first kappa shape index (κ1) is 24.2. The first-order valence-electron chi connectivity index (χ1n) is 14.6. The summed E-state index contributed by atoms with van der Waals surface area (Å²) in [5.74, 6) is 3.37. The van der Waals surface area contributed by atoms with Crippen LogP contribution in [0.3, 0.4) is 0 Å². The number of anilines is 3. The highest BCUT2D eigenvalue weighted by Crippen LogP contribution is 2.45. The van der Waals surface area contributed by atoms with E-state index in [9.17, 15) is 0 Å². The van der Waals surface area contributed by atoms with Crippen LogP contribution >= 0.6 is 0 Å². The highest BCUT2D eigenvalue weighted by atomic mass is 16.5. The van der Waals surface area contributed by atoms with Crippen molar-refractivity contribution in [2.45, 2.75) is 13.8 Å². The summed E-state index contributed by atoms with van der Waals surface area (Å²) < 4.78 is 19.9. The van der Waals surface area contributed by atoms with Crippen LogP contribution in [0.4, 0.5) is 17.1 Å². The molecule has 0 bridgehead atoms. The average Bonchev–Trinajstić information content (AvgIpc) is 3.41. The minimum absolute atomic E-state index is 0.0235. The summed E-state index contributed by atoms with van der Waals surface area (Å²) in [6.07, 6.45) is 0. The molecule has 3 heterocycles. The molecule has 0 atom stereocenters. The molecule has 0 spiro atoms. The van der Waals surface area contributed by atoms with Crippen molar-refractivity contribution >= 4 is 62.1 Å². The molecule has 6 aromatic carbocycles. The van der Waals surface area contributed by atoms with Crippen molar-refractivity contribution in [3.63, 3.8) is 0 Å². The van der Waals surface area contributed by atoms with E-state index in [2.05, 4.69) is 122 Å². The number of hydrogen-bond acceptors (Lipinski definition) is 4. The van der Waals surface area contributed by atoms with Crippen molar-refractivity contribution in [1.29, 1.82) is 0 Å². The van der Waals surface area contributed by atoms with Crippen LogP contribution in [0.15, 0.2) is 126 Å². The Kier molecular flexibility index (Phi) is 5.09. The summed E-state index contributed by atoms with van der Waals surface area (Å²) in [6.45, 7) is 4.29. The lowest BCUT2D eigenvalue weighted by Crippen LogP contribution is -2.57. The fraction of sp³-hybridized carbons (Fsp3) is 0.0526. The van der Waals surface area contributed by atoms with Gasteiger partial charge in [0, 0.05) is 34.1 Å². The number of nitrogens with zero attached hydrogens (tertiary/aromatic N) is 1. The number of ether oxygens (including phenoxy) is 2. The lowest BCUT2D eigenvalue weighted by Gasteiger charge is -2.35. The van der Waals surface area contributed by atoms with Gasteiger partial charge in [-0.15, -0.1) is 0 Å². The van der Waals surface area contributed by atoms with Crippen molar-refractivity contribution in [3.8, 4) is 23.0 Å². The molecule has 0 N–H and O–H groups in total. The summed E-state index contributed by atoms with van der Waals surface area (Å²) in [6, 6.07) is 42.1. The topological polar surface area (TPSA) is 34.8 Å². The van der Waals surface area contributed by atoms with E-state index in [1.165, 1.54) is 22.1 Å². The second-order valence-corrected chi connectivity index (χ2v) is 11.5. The highest BCUT2D eigenvalue weighted by molar-refractivity contribution is 6.98. The summed E-state index contributed by atoms with van der Waals surface area (Å²) in [5, 5.41) is 2.18. The van der Waals surface area contributed by atoms with Crippen molar-refractivity contribution in [3.05, 3.63) is 132 Å². The van der Waals surface area contributed by atoms with E-state index >= 15 is 0 Å². The minimum atomic E-state index is 0.0235. The fourth-order valence-electron chi connectivity index (χ4n) is 6.77. The van der Waals surface area contributed by atoms with Crippen LogP contribution in [0.5, 0.6) is 23.0 Å². The Balaban J connectivity index is 1.31. The summed E-state index contributed by atoms with van der Waals surface area (Å²) >= 11 is 0. The standard InChI is InChI=1S/C38H26BNO3/c1-23-15-17-33-29(19-23)39-30-20-24(2)16-18-34(30)42-36-22-26(21-35(41-33)37(36)39)40(25-9-4-3-5-10-25)31-13-8-12-28-27-11-6-7-14-32(27)43-38(28)31/h3-22H,1-2H3. The molecule has 0 amide bonds. The predicted octanol–water partition coefficient (Wildman–Crippen LogP) is 8.40. The van der Waals surface area contributed by atoms with E-state index in [0.29, 0.717) is 0 Å². The van der Waals surface area contributed by atoms with Crippen molar-refractivity contribution < 1.29 is 13.9 Å². The third kappa shape index (κ3) is 3.64. The van der Waals surface area contributed by atoms with E-state index in [-0.39, 0.29) is 6.71 Å². The quantitative estimate of drug-likeness (QED) is 0.205. The van der Waals surface area contributed by atoms with Gasteiger partial charge in [0.05, 0.1) is 11.4 Å². The van der Waals surface area contributed by atoms with Crippen LogP contribution in [0, 0.1) is 13.8 Å². The summed E-state index contributed by atoms with van der Waals surface area (Å²) in [5.41, 5.74) is 10.4. The van der Waals surface area contributed by atoms with Gasteiger partial charge >= 0.3 is 0 Å². The van der Waals surface area contributed by atoms with E-state index in [1.54, 1.807) is 0 Å². The number of benzene rings is 6. The van der Waals surface area contributed by atoms with Gasteiger partial charge in [0.1, 0.15) is 28.6 Å². The third-order valence-electron chi connectivity index (χ3n) is 8.67. The van der Waals surface area contributed by atoms with Crippen LogP contribution in [0.25, 0.3) is 21.9 Å². The van der Waals surface area contributed by atoms with E-state index in [0.717, 1.165) is 67.5 Å². The monoisotopic (exact) mass is 555 g/mol. The maximum atomic E-state index is 6.69. The van der Waals surface area contributed by atoms with Gasteiger partial charge < -0.3 is 18.8 Å². The van der Waals surface area contributed by atoms with E-state index < -0.39 is 0 Å². The van der Waals surface area contributed by atoms with Crippen LogP contribution in [-0.4, -0.2) is 6.71 Å². The number of para-hydroxylation sites is 3. The normalized spacial score (nSPS) is 12.7. The van der Waals surface area contributed by atoms with Crippen molar-refractivity contribution in [2.75, 3.05) is 4.90 Å².